The third-order valence-electron chi connectivity index (χ3n) is 6.39. The van der Waals surface area contributed by atoms with Gasteiger partial charge in [-0.1, -0.05) is 12.1 Å². The van der Waals surface area contributed by atoms with Gasteiger partial charge in [-0.3, -0.25) is 9.59 Å². The van der Waals surface area contributed by atoms with Crippen molar-refractivity contribution in [3.63, 3.8) is 0 Å². The number of rotatable bonds is 7. The van der Waals surface area contributed by atoms with Crippen LogP contribution < -0.4 is 25.4 Å². The number of nitrogens with one attached hydrogen (secondary N) is 3. The predicted molar refractivity (Wildman–Crippen MR) is 146 cm³/mol. The van der Waals surface area contributed by atoms with E-state index < -0.39 is 17.8 Å². The van der Waals surface area contributed by atoms with E-state index in [9.17, 15) is 14.0 Å². The van der Waals surface area contributed by atoms with Crippen LogP contribution in [0.2, 0.25) is 0 Å². The first-order chi connectivity index (χ1) is 18.9. The second-order valence-electron chi connectivity index (χ2n) is 8.83. The summed E-state index contributed by atoms with van der Waals surface area (Å²) in [5, 5.41) is 13.4. The fourth-order valence-corrected chi connectivity index (χ4v) is 4.41. The van der Waals surface area contributed by atoms with Crippen molar-refractivity contribution < 1.29 is 23.5 Å². The minimum atomic E-state index is -0.641. The molecule has 0 unspecified atom stereocenters. The van der Waals surface area contributed by atoms with Gasteiger partial charge < -0.3 is 25.4 Å². The molecule has 4 aromatic rings. The lowest BCUT2D eigenvalue weighted by atomic mass is 9.94. The van der Waals surface area contributed by atoms with Gasteiger partial charge in [0, 0.05) is 17.1 Å². The lowest BCUT2D eigenvalue weighted by Crippen LogP contribution is -2.32. The lowest BCUT2D eigenvalue weighted by molar-refractivity contribution is -0.113. The van der Waals surface area contributed by atoms with Crippen LogP contribution in [0.4, 0.5) is 21.6 Å². The van der Waals surface area contributed by atoms with Crippen LogP contribution in [-0.2, 0) is 4.79 Å². The summed E-state index contributed by atoms with van der Waals surface area (Å²) in [4.78, 5) is 26.8. The number of hydrogen-bond acceptors (Lipinski definition) is 6. The van der Waals surface area contributed by atoms with Crippen LogP contribution >= 0.6 is 0 Å². The van der Waals surface area contributed by atoms with Gasteiger partial charge >= 0.3 is 0 Å². The highest BCUT2D eigenvalue weighted by Gasteiger charge is 2.35. The Hall–Kier alpha value is -5.12. The summed E-state index contributed by atoms with van der Waals surface area (Å²) < 4.78 is 25.4. The molecule has 0 bridgehead atoms. The van der Waals surface area contributed by atoms with Crippen molar-refractivity contribution in [2.75, 3.05) is 30.2 Å². The molecule has 1 aliphatic heterocycles. The molecule has 0 fully saturated rings. The molecule has 1 aromatic heterocycles. The zero-order valence-corrected chi connectivity index (χ0v) is 21.5. The van der Waals surface area contributed by atoms with Gasteiger partial charge in [-0.2, -0.15) is 5.10 Å². The standard InChI is InChI=1S/C29H26FN5O4/c1-17-25(29(37)34-21-10-14-23(39-3)15-11-21)26(18-4-12-22(38-2)13-5-18)35-27(32-17)24(16-31-35)28(36)33-20-8-6-19(30)7-9-20/h4-16,26,32H,1-3H3,(H,33,36)(H,34,37)/t26-/m0/s1. The maximum Gasteiger partial charge on any atom is 0.261 e. The predicted octanol–water partition coefficient (Wildman–Crippen LogP) is 5.22. The van der Waals surface area contributed by atoms with E-state index in [0.717, 1.165) is 5.56 Å². The third kappa shape index (κ3) is 5.17. The minimum Gasteiger partial charge on any atom is -0.497 e. The Kier molecular flexibility index (Phi) is 7.00. The van der Waals surface area contributed by atoms with E-state index in [-0.39, 0.29) is 11.5 Å². The van der Waals surface area contributed by atoms with Gasteiger partial charge in [-0.15, -0.1) is 0 Å². The van der Waals surface area contributed by atoms with E-state index >= 15 is 0 Å². The number of hydrogen-bond donors (Lipinski definition) is 3. The van der Waals surface area contributed by atoms with Crippen molar-refractivity contribution in [1.82, 2.24) is 9.78 Å². The summed E-state index contributed by atoms with van der Waals surface area (Å²) in [6.07, 6.45) is 1.44. The molecule has 0 saturated heterocycles. The summed E-state index contributed by atoms with van der Waals surface area (Å²) in [5.41, 5.74) is 3.07. The third-order valence-corrected chi connectivity index (χ3v) is 6.39. The van der Waals surface area contributed by atoms with Gasteiger partial charge in [-0.25, -0.2) is 9.07 Å². The molecule has 0 saturated carbocycles. The molecule has 0 spiro atoms. The Morgan fingerprint density at radius 2 is 1.38 bits per heavy atom. The molecule has 1 aliphatic rings. The number of allylic oxidation sites excluding steroid dienone is 1. The highest BCUT2D eigenvalue weighted by Crippen LogP contribution is 2.38. The Bertz CT molecular complexity index is 1540. The topological polar surface area (TPSA) is 107 Å². The van der Waals surface area contributed by atoms with Gasteiger partial charge in [-0.05, 0) is 73.2 Å². The Morgan fingerprint density at radius 1 is 0.846 bits per heavy atom. The Morgan fingerprint density at radius 3 is 1.97 bits per heavy atom. The number of ether oxygens (including phenoxy) is 2. The highest BCUT2D eigenvalue weighted by molar-refractivity contribution is 6.09. The monoisotopic (exact) mass is 527 g/mol. The normalized spacial score (nSPS) is 14.2. The smallest absolute Gasteiger partial charge is 0.261 e. The minimum absolute atomic E-state index is 0.270. The molecule has 2 amide bonds. The number of aromatic nitrogens is 2. The second kappa shape index (κ2) is 10.7. The molecule has 39 heavy (non-hydrogen) atoms. The second-order valence-corrected chi connectivity index (χ2v) is 8.83. The molecule has 0 radical (unpaired) electrons. The maximum absolute atomic E-state index is 13.6. The number of methoxy groups -OCH3 is 2. The maximum atomic E-state index is 13.6. The summed E-state index contributed by atoms with van der Waals surface area (Å²) in [7, 11) is 3.15. The number of fused-ring (bicyclic) bond motifs is 1. The highest BCUT2D eigenvalue weighted by atomic mass is 19.1. The zero-order valence-electron chi connectivity index (χ0n) is 21.5. The fraction of sp³-hybridized carbons (Fsp3) is 0.138. The number of benzene rings is 3. The first-order valence-corrected chi connectivity index (χ1v) is 12.1. The van der Waals surface area contributed by atoms with E-state index in [2.05, 4.69) is 21.0 Å². The van der Waals surface area contributed by atoms with Crippen LogP contribution in [0.3, 0.4) is 0 Å². The summed E-state index contributed by atoms with van der Waals surface area (Å²) in [6.45, 7) is 1.78. The van der Waals surface area contributed by atoms with Gasteiger partial charge in [0.1, 0.15) is 34.7 Å². The molecule has 2 heterocycles. The van der Waals surface area contributed by atoms with E-state index in [4.69, 9.17) is 9.47 Å². The molecule has 1 atom stereocenters. The number of carbonyl (C=O) groups is 2. The lowest BCUT2D eigenvalue weighted by Gasteiger charge is -2.30. The van der Waals surface area contributed by atoms with Gasteiger partial charge in [0.2, 0.25) is 0 Å². The zero-order chi connectivity index (χ0) is 27.5. The molecule has 3 aromatic carbocycles. The molecule has 0 aliphatic carbocycles. The molecule has 10 heteroatoms. The van der Waals surface area contributed by atoms with E-state index in [1.54, 1.807) is 62.2 Å². The first-order valence-electron chi connectivity index (χ1n) is 12.1. The molecular formula is C29H26FN5O4. The molecule has 198 valence electrons. The van der Waals surface area contributed by atoms with Crippen molar-refractivity contribution in [3.05, 3.63) is 107 Å². The van der Waals surface area contributed by atoms with Crippen LogP contribution in [0.1, 0.15) is 28.9 Å². The van der Waals surface area contributed by atoms with Crippen molar-refractivity contribution in [1.29, 1.82) is 0 Å². The van der Waals surface area contributed by atoms with Crippen LogP contribution in [0.25, 0.3) is 0 Å². The van der Waals surface area contributed by atoms with Gasteiger partial charge in [0.15, 0.2) is 0 Å². The van der Waals surface area contributed by atoms with E-state index in [1.807, 2.05) is 12.1 Å². The summed E-state index contributed by atoms with van der Waals surface area (Å²) in [5.74, 6) is 0.603. The van der Waals surface area contributed by atoms with Crippen molar-refractivity contribution in [3.8, 4) is 11.5 Å². The largest absolute Gasteiger partial charge is 0.497 e. The van der Waals surface area contributed by atoms with Crippen LogP contribution in [0, 0.1) is 5.82 Å². The number of nitrogens with zero attached hydrogens (tertiary/aromatic N) is 2. The fourth-order valence-electron chi connectivity index (χ4n) is 4.41. The van der Waals surface area contributed by atoms with Crippen molar-refractivity contribution in [2.45, 2.75) is 13.0 Å². The molecule has 3 N–H and O–H groups in total. The summed E-state index contributed by atoms with van der Waals surface area (Å²) >= 11 is 0. The number of anilines is 3. The van der Waals surface area contributed by atoms with E-state index in [0.29, 0.717) is 40.0 Å². The van der Waals surface area contributed by atoms with Crippen LogP contribution in [0.5, 0.6) is 11.5 Å². The number of halogens is 1. The quantitative estimate of drug-likeness (QED) is 0.304. The molecule has 5 rings (SSSR count). The number of carbonyl (C=O) groups excluding carboxylic acids is 2. The average molecular weight is 528 g/mol. The first kappa shape index (κ1) is 25.5. The molecule has 9 nitrogen and oxygen atoms in total. The average Bonchev–Trinajstić information content (AvgIpc) is 3.37. The van der Waals surface area contributed by atoms with Gasteiger partial charge in [0.05, 0.1) is 26.0 Å². The Labute approximate surface area is 224 Å². The SMILES string of the molecule is COc1ccc(NC(=O)C2=C(C)Nc3c(C(=O)Nc4ccc(F)cc4)cnn3[C@H]2c2ccc(OC)cc2)cc1. The van der Waals surface area contributed by atoms with E-state index in [1.165, 1.54) is 30.5 Å². The number of amides is 2. The van der Waals surface area contributed by atoms with Crippen LogP contribution in [-0.4, -0.2) is 35.8 Å². The Balaban J connectivity index is 1.51. The van der Waals surface area contributed by atoms with Crippen molar-refractivity contribution >= 4 is 29.0 Å². The van der Waals surface area contributed by atoms with Crippen molar-refractivity contribution in [2.24, 2.45) is 0 Å². The molecular weight excluding hydrogens is 501 g/mol. The summed E-state index contributed by atoms with van der Waals surface area (Å²) in [6, 6.07) is 19.2. The van der Waals surface area contributed by atoms with Crippen LogP contribution in [0.15, 0.2) is 90.3 Å². The van der Waals surface area contributed by atoms with Gasteiger partial charge in [0.25, 0.3) is 11.8 Å².